The molecule has 2 aliphatic carbocycles. The molecular formula is C23H30N4O5. The highest BCUT2D eigenvalue weighted by molar-refractivity contribution is 6.03. The molecule has 32 heavy (non-hydrogen) atoms. The van der Waals surface area contributed by atoms with Crippen LogP contribution in [0.5, 0.6) is 5.75 Å². The highest BCUT2D eigenvalue weighted by Crippen LogP contribution is 2.24. The van der Waals surface area contributed by atoms with E-state index in [-0.39, 0.29) is 5.91 Å². The van der Waals surface area contributed by atoms with E-state index in [9.17, 15) is 4.79 Å². The Kier molecular flexibility index (Phi) is 8.65. The van der Waals surface area contributed by atoms with Crippen LogP contribution in [0.25, 0.3) is 0 Å². The van der Waals surface area contributed by atoms with E-state index in [1.807, 2.05) is 18.2 Å². The Bertz CT molecular complexity index is 857. The van der Waals surface area contributed by atoms with Gasteiger partial charge in [-0.15, -0.1) is 10.2 Å². The first-order valence-electron chi connectivity index (χ1n) is 11.1. The van der Waals surface area contributed by atoms with E-state index >= 15 is 0 Å². The van der Waals surface area contributed by atoms with Crippen molar-refractivity contribution in [2.45, 2.75) is 69.9 Å². The Hall–Kier alpha value is -3.36. The van der Waals surface area contributed by atoms with Crippen molar-refractivity contribution >= 4 is 23.7 Å². The fourth-order valence-electron chi connectivity index (χ4n) is 4.00. The van der Waals surface area contributed by atoms with Crippen LogP contribution in [-0.4, -0.2) is 44.6 Å². The number of benzene rings is 1. The molecule has 1 heterocycles. The van der Waals surface area contributed by atoms with Gasteiger partial charge in [0.25, 0.3) is 5.91 Å². The largest absolute Gasteiger partial charge is 0.503 e. The van der Waals surface area contributed by atoms with Crippen molar-refractivity contribution in [3.8, 4) is 5.75 Å². The quantitative estimate of drug-likeness (QED) is 0.490. The summed E-state index contributed by atoms with van der Waals surface area (Å²) in [5, 5.41) is 28.4. The van der Waals surface area contributed by atoms with Crippen LogP contribution in [0.1, 0.15) is 68.1 Å². The third-order valence-electron chi connectivity index (χ3n) is 5.58. The lowest BCUT2D eigenvalue weighted by Crippen LogP contribution is -2.19. The molecule has 9 heteroatoms. The predicted molar refractivity (Wildman–Crippen MR) is 120 cm³/mol. The zero-order chi connectivity index (χ0) is 22.8. The van der Waals surface area contributed by atoms with Gasteiger partial charge < -0.3 is 25.6 Å². The van der Waals surface area contributed by atoms with E-state index in [4.69, 9.17) is 19.7 Å². The normalized spacial score (nSPS) is 16.5. The molecule has 0 radical (unpaired) electrons. The summed E-state index contributed by atoms with van der Waals surface area (Å²) in [6.07, 6.45) is 9.38. The summed E-state index contributed by atoms with van der Waals surface area (Å²) in [7, 11) is 0. The van der Waals surface area contributed by atoms with Crippen molar-refractivity contribution in [3.63, 3.8) is 0 Å². The molecule has 9 nitrogen and oxygen atoms in total. The molecule has 2 aromatic rings. The number of aromatic nitrogens is 2. The zero-order valence-electron chi connectivity index (χ0n) is 18.0. The van der Waals surface area contributed by atoms with Gasteiger partial charge in [0, 0.05) is 11.6 Å². The molecule has 0 bridgehead atoms. The van der Waals surface area contributed by atoms with E-state index in [2.05, 4.69) is 20.8 Å². The average Bonchev–Trinajstić information content (AvgIpc) is 3.29. The summed E-state index contributed by atoms with van der Waals surface area (Å²) in [6.45, 7) is 0. The molecule has 2 saturated carbocycles. The molecule has 1 aromatic carbocycles. The zero-order valence-corrected chi connectivity index (χ0v) is 18.0. The van der Waals surface area contributed by atoms with E-state index in [0.717, 1.165) is 24.4 Å². The van der Waals surface area contributed by atoms with Gasteiger partial charge in [0.2, 0.25) is 0 Å². The van der Waals surface area contributed by atoms with Gasteiger partial charge in [0.1, 0.15) is 11.6 Å². The average molecular weight is 443 g/mol. The second-order valence-electron chi connectivity index (χ2n) is 8.07. The lowest BCUT2D eigenvalue weighted by molar-refractivity contribution is 0.102. The molecule has 0 atom stereocenters. The number of anilines is 2. The fraction of sp³-hybridized carbons (Fsp3) is 0.478. The second-order valence-corrected chi connectivity index (χ2v) is 8.07. The number of amides is 1. The maximum absolute atomic E-state index is 12.4. The molecule has 0 unspecified atom stereocenters. The summed E-state index contributed by atoms with van der Waals surface area (Å²) < 4.78 is 6.01. The molecule has 172 valence electrons. The maximum atomic E-state index is 12.4. The van der Waals surface area contributed by atoms with Crippen molar-refractivity contribution < 1.29 is 24.5 Å². The highest BCUT2D eigenvalue weighted by Gasteiger charge is 2.16. The molecule has 4 N–H and O–H groups in total. The Morgan fingerprint density at radius 3 is 1.97 bits per heavy atom. The van der Waals surface area contributed by atoms with Gasteiger partial charge >= 0.3 is 6.16 Å². The monoisotopic (exact) mass is 442 g/mol. The van der Waals surface area contributed by atoms with Crippen LogP contribution in [0.4, 0.5) is 16.4 Å². The summed E-state index contributed by atoms with van der Waals surface area (Å²) in [5.41, 5.74) is 0.575. The van der Waals surface area contributed by atoms with Gasteiger partial charge in [-0.1, -0.05) is 19.3 Å². The number of ether oxygens (including phenoxy) is 1. The number of carbonyl (C=O) groups excluding carboxylic acids is 1. The molecule has 0 spiro atoms. The molecule has 4 rings (SSSR count). The topological polar surface area (TPSA) is 134 Å². The maximum Gasteiger partial charge on any atom is 0.503 e. The van der Waals surface area contributed by atoms with Crippen molar-refractivity contribution in [2.24, 2.45) is 0 Å². The fourth-order valence-corrected chi connectivity index (χ4v) is 4.00. The van der Waals surface area contributed by atoms with Crippen LogP contribution in [0.15, 0.2) is 36.4 Å². The van der Waals surface area contributed by atoms with Crippen molar-refractivity contribution in [1.29, 1.82) is 0 Å². The standard InChI is InChI=1S/C22H28N4O2.CH2O3/c27-22(16-10-12-19(13-11-16)28-18-8-2-1-3-9-18)24-21-15-14-20(25-26-21)23-17-6-4-5-7-17;2-1(3)4/h10-15,17-18H,1-9H2,(H,23,25)(H,24,26,27);(H2,2,3,4). The summed E-state index contributed by atoms with van der Waals surface area (Å²) in [5.74, 6) is 1.83. The smallest absolute Gasteiger partial charge is 0.490 e. The minimum Gasteiger partial charge on any atom is -0.490 e. The van der Waals surface area contributed by atoms with Crippen LogP contribution < -0.4 is 15.4 Å². The van der Waals surface area contributed by atoms with E-state index in [1.165, 1.54) is 44.9 Å². The number of carbonyl (C=O) groups is 2. The molecule has 2 aliphatic rings. The number of hydrogen-bond donors (Lipinski definition) is 4. The number of hydrogen-bond acceptors (Lipinski definition) is 6. The first kappa shape index (κ1) is 23.3. The van der Waals surface area contributed by atoms with Crippen LogP contribution >= 0.6 is 0 Å². The highest BCUT2D eigenvalue weighted by atomic mass is 16.6. The summed E-state index contributed by atoms with van der Waals surface area (Å²) >= 11 is 0. The number of rotatable bonds is 6. The van der Waals surface area contributed by atoms with Gasteiger partial charge in [-0.25, -0.2) is 4.79 Å². The lowest BCUT2D eigenvalue weighted by atomic mass is 9.98. The Labute approximate surface area is 187 Å². The number of nitrogens with one attached hydrogen (secondary N) is 2. The van der Waals surface area contributed by atoms with Crippen molar-refractivity contribution in [1.82, 2.24) is 10.2 Å². The van der Waals surface area contributed by atoms with E-state index < -0.39 is 6.16 Å². The first-order valence-corrected chi connectivity index (χ1v) is 11.1. The SMILES string of the molecule is O=C(Nc1ccc(NC2CCCC2)nn1)c1ccc(OC2CCCCC2)cc1.O=C(O)O. The molecule has 0 saturated heterocycles. The van der Waals surface area contributed by atoms with E-state index in [1.54, 1.807) is 18.2 Å². The van der Waals surface area contributed by atoms with Crippen LogP contribution in [0, 0.1) is 0 Å². The minimum absolute atomic E-state index is 0.199. The molecule has 1 aromatic heterocycles. The molecule has 0 aliphatic heterocycles. The Balaban J connectivity index is 0.000000668. The van der Waals surface area contributed by atoms with Crippen molar-refractivity contribution in [3.05, 3.63) is 42.0 Å². The number of carboxylic acid groups (broad SMARTS) is 2. The summed E-state index contributed by atoms with van der Waals surface area (Å²) in [4.78, 5) is 21.0. The van der Waals surface area contributed by atoms with Gasteiger partial charge in [-0.2, -0.15) is 0 Å². The van der Waals surface area contributed by atoms with Crippen LogP contribution in [0.3, 0.4) is 0 Å². The molecular weight excluding hydrogens is 412 g/mol. The van der Waals surface area contributed by atoms with Crippen LogP contribution in [-0.2, 0) is 0 Å². The van der Waals surface area contributed by atoms with Crippen molar-refractivity contribution in [2.75, 3.05) is 10.6 Å². The first-order chi connectivity index (χ1) is 15.5. The third-order valence-corrected chi connectivity index (χ3v) is 5.58. The Morgan fingerprint density at radius 2 is 1.38 bits per heavy atom. The third kappa shape index (κ3) is 7.72. The Morgan fingerprint density at radius 1 is 0.812 bits per heavy atom. The van der Waals surface area contributed by atoms with Gasteiger partial charge in [-0.05, 0) is 74.9 Å². The second kappa shape index (κ2) is 11.9. The van der Waals surface area contributed by atoms with Crippen LogP contribution in [0.2, 0.25) is 0 Å². The van der Waals surface area contributed by atoms with E-state index in [0.29, 0.717) is 23.5 Å². The predicted octanol–water partition coefficient (Wildman–Crippen LogP) is 5.02. The molecule has 2 fully saturated rings. The van der Waals surface area contributed by atoms with Gasteiger partial charge in [-0.3, -0.25) is 4.79 Å². The van der Waals surface area contributed by atoms with Gasteiger partial charge in [0.05, 0.1) is 6.10 Å². The van der Waals surface area contributed by atoms with Gasteiger partial charge in [0.15, 0.2) is 5.82 Å². The summed E-state index contributed by atoms with van der Waals surface area (Å²) in [6, 6.07) is 11.4. The minimum atomic E-state index is -1.83. The lowest BCUT2D eigenvalue weighted by Gasteiger charge is -2.23. The molecule has 1 amide bonds. The number of nitrogens with zero attached hydrogens (tertiary/aromatic N) is 2.